The number of carbonyl (C=O) groups excluding carboxylic acids is 1. The van der Waals surface area contributed by atoms with E-state index in [2.05, 4.69) is 14.7 Å². The Kier molecular flexibility index (Phi) is 7.07. The molecule has 0 radical (unpaired) electrons. The standard InChI is InChI=1S/C25H32FN3O2/c1-31-24-7-3-2-5-20(24)8-13-25(30)29-14-4-6-23(19-29)28-17-15-27(16-18-28)22-11-9-21(26)10-12-22/h2-3,5,7,9-12,23H,4,6,8,13-19H2,1H3/t23-/m1/s1. The van der Waals surface area contributed by atoms with Gasteiger partial charge < -0.3 is 14.5 Å². The van der Waals surface area contributed by atoms with Crippen LogP contribution >= 0.6 is 0 Å². The molecule has 4 rings (SSSR count). The van der Waals surface area contributed by atoms with Crippen molar-refractivity contribution in [2.24, 2.45) is 0 Å². The van der Waals surface area contributed by atoms with E-state index >= 15 is 0 Å². The van der Waals surface area contributed by atoms with Gasteiger partial charge in [-0.2, -0.15) is 0 Å². The highest BCUT2D eigenvalue weighted by Crippen LogP contribution is 2.23. The highest BCUT2D eigenvalue weighted by molar-refractivity contribution is 5.76. The lowest BCUT2D eigenvalue weighted by atomic mass is 10.0. The van der Waals surface area contributed by atoms with Crippen LogP contribution in [0.1, 0.15) is 24.8 Å². The Labute approximate surface area is 184 Å². The minimum Gasteiger partial charge on any atom is -0.496 e. The summed E-state index contributed by atoms with van der Waals surface area (Å²) in [6.45, 7) is 5.50. The molecule has 2 saturated heterocycles. The van der Waals surface area contributed by atoms with Crippen molar-refractivity contribution in [3.05, 3.63) is 59.9 Å². The zero-order valence-electron chi connectivity index (χ0n) is 18.3. The summed E-state index contributed by atoms with van der Waals surface area (Å²) in [7, 11) is 1.67. The number of para-hydroxylation sites is 1. The van der Waals surface area contributed by atoms with Crippen LogP contribution in [0.25, 0.3) is 0 Å². The molecular formula is C25H32FN3O2. The minimum absolute atomic E-state index is 0.194. The third-order valence-electron chi connectivity index (χ3n) is 6.57. The molecule has 0 N–H and O–H groups in total. The zero-order chi connectivity index (χ0) is 21.6. The maximum atomic E-state index is 13.2. The fourth-order valence-electron chi connectivity index (χ4n) is 4.79. The van der Waals surface area contributed by atoms with Crippen molar-refractivity contribution < 1.29 is 13.9 Å². The Morgan fingerprint density at radius 3 is 2.52 bits per heavy atom. The van der Waals surface area contributed by atoms with Crippen LogP contribution in [0, 0.1) is 5.82 Å². The second kappa shape index (κ2) is 10.1. The smallest absolute Gasteiger partial charge is 0.222 e. The highest BCUT2D eigenvalue weighted by atomic mass is 19.1. The van der Waals surface area contributed by atoms with Gasteiger partial charge in [-0.3, -0.25) is 9.69 Å². The second-order valence-corrected chi connectivity index (χ2v) is 8.45. The zero-order valence-corrected chi connectivity index (χ0v) is 18.3. The van der Waals surface area contributed by atoms with Gasteiger partial charge in [0.15, 0.2) is 0 Å². The molecule has 5 nitrogen and oxygen atoms in total. The van der Waals surface area contributed by atoms with Gasteiger partial charge in [0.05, 0.1) is 7.11 Å². The molecule has 0 aromatic heterocycles. The van der Waals surface area contributed by atoms with E-state index < -0.39 is 0 Å². The van der Waals surface area contributed by atoms with Gasteiger partial charge in [-0.05, 0) is 55.2 Å². The number of carbonyl (C=O) groups is 1. The average Bonchev–Trinajstić information content (AvgIpc) is 2.83. The molecular weight excluding hydrogens is 393 g/mol. The van der Waals surface area contributed by atoms with Crippen LogP contribution in [0.2, 0.25) is 0 Å². The Bertz CT molecular complexity index is 865. The lowest BCUT2D eigenvalue weighted by Gasteiger charge is -2.44. The second-order valence-electron chi connectivity index (χ2n) is 8.45. The SMILES string of the molecule is COc1ccccc1CCC(=O)N1CCC[C@@H](N2CCN(c3ccc(F)cc3)CC2)C1. The fourth-order valence-corrected chi connectivity index (χ4v) is 4.79. The number of aryl methyl sites for hydroxylation is 1. The summed E-state index contributed by atoms with van der Waals surface area (Å²) in [5.41, 5.74) is 2.17. The number of ether oxygens (including phenoxy) is 1. The lowest BCUT2D eigenvalue weighted by molar-refractivity contribution is -0.133. The Morgan fingerprint density at radius 2 is 1.77 bits per heavy atom. The van der Waals surface area contributed by atoms with Gasteiger partial charge in [0.2, 0.25) is 5.91 Å². The van der Waals surface area contributed by atoms with E-state index in [4.69, 9.17) is 4.74 Å². The number of benzene rings is 2. The molecule has 2 aromatic rings. The van der Waals surface area contributed by atoms with Crippen molar-refractivity contribution in [3.63, 3.8) is 0 Å². The summed E-state index contributed by atoms with van der Waals surface area (Å²) in [6, 6.07) is 15.1. The molecule has 31 heavy (non-hydrogen) atoms. The first-order valence-electron chi connectivity index (χ1n) is 11.3. The predicted molar refractivity (Wildman–Crippen MR) is 121 cm³/mol. The number of methoxy groups -OCH3 is 1. The predicted octanol–water partition coefficient (Wildman–Crippen LogP) is 3.58. The Hall–Kier alpha value is -2.60. The maximum absolute atomic E-state index is 13.2. The molecule has 0 aliphatic carbocycles. The van der Waals surface area contributed by atoms with Gasteiger partial charge in [-0.1, -0.05) is 18.2 Å². The van der Waals surface area contributed by atoms with Gasteiger partial charge in [0.1, 0.15) is 11.6 Å². The van der Waals surface area contributed by atoms with Gasteiger partial charge >= 0.3 is 0 Å². The largest absolute Gasteiger partial charge is 0.496 e. The molecule has 0 unspecified atom stereocenters. The molecule has 2 aliphatic rings. The van der Waals surface area contributed by atoms with Crippen molar-refractivity contribution in [3.8, 4) is 5.75 Å². The highest BCUT2D eigenvalue weighted by Gasteiger charge is 2.30. The Balaban J connectivity index is 1.27. The third-order valence-corrected chi connectivity index (χ3v) is 6.57. The van der Waals surface area contributed by atoms with Crippen LogP contribution in [0.15, 0.2) is 48.5 Å². The number of halogens is 1. The first-order chi connectivity index (χ1) is 15.1. The average molecular weight is 426 g/mol. The van der Waals surface area contributed by atoms with E-state index in [0.29, 0.717) is 18.9 Å². The molecule has 1 atom stereocenters. The monoisotopic (exact) mass is 425 g/mol. The molecule has 1 amide bonds. The van der Waals surface area contributed by atoms with Crippen molar-refractivity contribution in [1.29, 1.82) is 0 Å². The first kappa shape index (κ1) is 21.6. The van der Waals surface area contributed by atoms with Crippen LogP contribution in [0.4, 0.5) is 10.1 Å². The summed E-state index contributed by atoms with van der Waals surface area (Å²) < 4.78 is 18.6. The van der Waals surface area contributed by atoms with Crippen LogP contribution in [-0.2, 0) is 11.2 Å². The van der Waals surface area contributed by atoms with E-state index in [0.717, 1.165) is 69.1 Å². The fraction of sp³-hybridized carbons (Fsp3) is 0.480. The molecule has 0 bridgehead atoms. The van der Waals surface area contributed by atoms with Crippen LogP contribution in [-0.4, -0.2) is 68.1 Å². The van der Waals surface area contributed by atoms with Gasteiger partial charge in [-0.15, -0.1) is 0 Å². The number of hydrogen-bond donors (Lipinski definition) is 0. The molecule has 2 aromatic carbocycles. The number of rotatable bonds is 6. The van der Waals surface area contributed by atoms with Gasteiger partial charge in [0, 0.05) is 57.4 Å². The van der Waals surface area contributed by atoms with Crippen molar-refractivity contribution in [2.45, 2.75) is 31.7 Å². The minimum atomic E-state index is -0.194. The number of piperidine rings is 1. The molecule has 166 valence electrons. The quantitative estimate of drug-likeness (QED) is 0.709. The summed E-state index contributed by atoms with van der Waals surface area (Å²) >= 11 is 0. The number of hydrogen-bond acceptors (Lipinski definition) is 4. The number of anilines is 1. The summed E-state index contributed by atoms with van der Waals surface area (Å²) in [5.74, 6) is 0.895. The number of likely N-dealkylation sites (tertiary alicyclic amines) is 1. The van der Waals surface area contributed by atoms with E-state index in [1.165, 1.54) is 12.1 Å². The van der Waals surface area contributed by atoms with Gasteiger partial charge in [-0.25, -0.2) is 4.39 Å². The topological polar surface area (TPSA) is 36.0 Å². The van der Waals surface area contributed by atoms with Crippen LogP contribution in [0.3, 0.4) is 0 Å². The first-order valence-corrected chi connectivity index (χ1v) is 11.3. The van der Waals surface area contributed by atoms with Gasteiger partial charge in [0.25, 0.3) is 0 Å². The van der Waals surface area contributed by atoms with E-state index in [9.17, 15) is 9.18 Å². The number of amides is 1. The van der Waals surface area contributed by atoms with Crippen LogP contribution in [0.5, 0.6) is 5.75 Å². The number of nitrogens with zero attached hydrogens (tertiary/aromatic N) is 3. The van der Waals surface area contributed by atoms with Crippen LogP contribution < -0.4 is 9.64 Å². The van der Waals surface area contributed by atoms with E-state index in [1.807, 2.05) is 36.4 Å². The molecule has 0 spiro atoms. The van der Waals surface area contributed by atoms with Crippen molar-refractivity contribution in [2.75, 3.05) is 51.3 Å². The number of piperazine rings is 1. The third kappa shape index (κ3) is 5.37. The molecule has 2 fully saturated rings. The van der Waals surface area contributed by atoms with E-state index in [-0.39, 0.29) is 11.7 Å². The summed E-state index contributed by atoms with van der Waals surface area (Å²) in [5, 5.41) is 0. The molecule has 6 heteroatoms. The molecule has 2 heterocycles. The van der Waals surface area contributed by atoms with Crippen molar-refractivity contribution >= 4 is 11.6 Å². The maximum Gasteiger partial charge on any atom is 0.222 e. The molecule has 0 saturated carbocycles. The van der Waals surface area contributed by atoms with Crippen molar-refractivity contribution in [1.82, 2.24) is 9.80 Å². The Morgan fingerprint density at radius 1 is 1.03 bits per heavy atom. The lowest BCUT2D eigenvalue weighted by Crippen LogP contribution is -2.55. The van der Waals surface area contributed by atoms with E-state index in [1.54, 1.807) is 7.11 Å². The summed E-state index contributed by atoms with van der Waals surface area (Å²) in [4.78, 5) is 19.8. The normalized spacial score (nSPS) is 20.0. The summed E-state index contributed by atoms with van der Waals surface area (Å²) in [6.07, 6.45) is 3.43. The molecule has 2 aliphatic heterocycles.